The van der Waals surface area contributed by atoms with Crippen LogP contribution >= 0.6 is 0 Å². The Morgan fingerprint density at radius 1 is 1.07 bits per heavy atom. The molecule has 6 nitrogen and oxygen atoms in total. The number of anilines is 1. The first-order valence-electron chi connectivity index (χ1n) is 10.6. The third kappa shape index (κ3) is 4.31. The molecule has 4 rings (SSSR count). The number of nitrogens with one attached hydrogen (secondary N) is 1. The van der Waals surface area contributed by atoms with Crippen molar-refractivity contribution in [3.8, 4) is 5.75 Å². The van der Waals surface area contributed by atoms with Crippen molar-refractivity contribution in [1.82, 2.24) is 5.32 Å². The number of para-hydroxylation sites is 2. The van der Waals surface area contributed by atoms with Crippen molar-refractivity contribution in [2.75, 3.05) is 17.4 Å². The van der Waals surface area contributed by atoms with Crippen LogP contribution in [0.3, 0.4) is 0 Å². The van der Waals surface area contributed by atoms with Gasteiger partial charge in [0.1, 0.15) is 5.75 Å². The average molecular weight is 429 g/mol. The molecule has 1 aliphatic heterocycles. The minimum atomic E-state index is -3.82. The molecule has 1 N–H and O–H groups in total. The minimum Gasteiger partial charge on any atom is -0.476 e. The number of fused-ring (bicyclic) bond motifs is 1. The van der Waals surface area contributed by atoms with Crippen molar-refractivity contribution >= 4 is 21.6 Å². The quantitative estimate of drug-likeness (QED) is 0.789. The van der Waals surface area contributed by atoms with Gasteiger partial charge in [0.05, 0.1) is 17.1 Å². The van der Waals surface area contributed by atoms with E-state index in [0.29, 0.717) is 23.9 Å². The van der Waals surface area contributed by atoms with Crippen molar-refractivity contribution < 1.29 is 17.9 Å². The lowest BCUT2D eigenvalue weighted by Crippen LogP contribution is -2.51. The van der Waals surface area contributed by atoms with Crippen molar-refractivity contribution in [3.05, 3.63) is 54.1 Å². The number of sulfonamides is 1. The van der Waals surface area contributed by atoms with E-state index in [4.69, 9.17) is 4.74 Å². The first-order valence-corrected chi connectivity index (χ1v) is 12.0. The fraction of sp³-hybridized carbons (Fsp3) is 0.435. The molecule has 1 atom stereocenters. The van der Waals surface area contributed by atoms with Gasteiger partial charge >= 0.3 is 0 Å². The number of rotatable bonds is 5. The molecular formula is C23H28N2O4S. The molecule has 0 bridgehead atoms. The fourth-order valence-electron chi connectivity index (χ4n) is 4.15. The monoisotopic (exact) mass is 428 g/mol. The number of benzene rings is 2. The Balaban J connectivity index is 1.56. The summed E-state index contributed by atoms with van der Waals surface area (Å²) < 4.78 is 33.9. The number of hydrogen-bond acceptors (Lipinski definition) is 4. The van der Waals surface area contributed by atoms with E-state index in [9.17, 15) is 13.2 Å². The van der Waals surface area contributed by atoms with Gasteiger partial charge in [-0.3, -0.25) is 9.10 Å². The highest BCUT2D eigenvalue weighted by Crippen LogP contribution is 2.36. The first-order chi connectivity index (χ1) is 14.4. The maximum atomic E-state index is 13.4. The number of hydrogen-bond donors (Lipinski definition) is 1. The molecule has 160 valence electrons. The molecule has 7 heteroatoms. The Morgan fingerprint density at radius 2 is 1.77 bits per heavy atom. The van der Waals surface area contributed by atoms with Crippen LogP contribution < -0.4 is 14.4 Å². The van der Waals surface area contributed by atoms with Gasteiger partial charge in [0.2, 0.25) is 0 Å². The highest BCUT2D eigenvalue weighted by Gasteiger charge is 2.37. The Bertz CT molecular complexity index is 998. The summed E-state index contributed by atoms with van der Waals surface area (Å²) >= 11 is 0. The normalized spacial score (nSPS) is 19.6. The van der Waals surface area contributed by atoms with Gasteiger partial charge in [-0.15, -0.1) is 0 Å². The van der Waals surface area contributed by atoms with Crippen LogP contribution in [0.5, 0.6) is 5.75 Å². The van der Waals surface area contributed by atoms with Crippen LogP contribution in [0, 0.1) is 12.8 Å². The van der Waals surface area contributed by atoms with Gasteiger partial charge in [-0.25, -0.2) is 8.42 Å². The van der Waals surface area contributed by atoms with Crippen molar-refractivity contribution in [1.29, 1.82) is 0 Å². The van der Waals surface area contributed by atoms with Gasteiger partial charge in [-0.1, -0.05) is 49.1 Å². The number of carbonyl (C=O) groups is 1. The molecule has 0 radical (unpaired) electrons. The first kappa shape index (κ1) is 20.7. The Labute approximate surface area is 178 Å². The molecule has 0 spiro atoms. The summed E-state index contributed by atoms with van der Waals surface area (Å²) in [7, 11) is -3.82. The van der Waals surface area contributed by atoms with Crippen LogP contribution in [0.4, 0.5) is 5.69 Å². The van der Waals surface area contributed by atoms with Crippen LogP contribution in [0.1, 0.15) is 37.7 Å². The maximum absolute atomic E-state index is 13.4. The lowest BCUT2D eigenvalue weighted by atomic mass is 9.89. The highest BCUT2D eigenvalue weighted by atomic mass is 32.2. The molecule has 0 saturated heterocycles. The molecule has 1 heterocycles. The van der Waals surface area contributed by atoms with E-state index in [-0.39, 0.29) is 17.3 Å². The van der Waals surface area contributed by atoms with Crippen LogP contribution in [-0.4, -0.2) is 33.5 Å². The number of nitrogens with zero attached hydrogens (tertiary/aromatic N) is 1. The lowest BCUT2D eigenvalue weighted by Gasteiger charge is -2.35. The predicted molar refractivity (Wildman–Crippen MR) is 116 cm³/mol. The number of carbonyl (C=O) groups excluding carboxylic acids is 1. The second-order valence-electron chi connectivity index (χ2n) is 8.17. The van der Waals surface area contributed by atoms with Gasteiger partial charge in [0, 0.05) is 6.54 Å². The van der Waals surface area contributed by atoms with E-state index < -0.39 is 16.1 Å². The van der Waals surface area contributed by atoms with Gasteiger partial charge in [-0.05, 0) is 49.9 Å². The smallest absolute Gasteiger partial charge is 0.264 e. The van der Waals surface area contributed by atoms with Crippen LogP contribution in [0.15, 0.2) is 53.4 Å². The molecule has 2 aromatic rings. The average Bonchev–Trinajstić information content (AvgIpc) is 2.77. The number of ether oxygens (including phenoxy) is 1. The molecular weight excluding hydrogens is 400 g/mol. The van der Waals surface area contributed by atoms with Crippen molar-refractivity contribution in [3.63, 3.8) is 0 Å². The zero-order valence-corrected chi connectivity index (χ0v) is 18.0. The summed E-state index contributed by atoms with van der Waals surface area (Å²) in [5.74, 6) is 0.627. The largest absolute Gasteiger partial charge is 0.476 e. The molecule has 0 unspecified atom stereocenters. The Morgan fingerprint density at radius 3 is 2.50 bits per heavy atom. The lowest BCUT2D eigenvalue weighted by molar-refractivity contribution is -0.128. The van der Waals surface area contributed by atoms with Gasteiger partial charge in [0.15, 0.2) is 6.10 Å². The van der Waals surface area contributed by atoms with E-state index in [0.717, 1.165) is 18.4 Å². The molecule has 1 aliphatic carbocycles. The summed E-state index contributed by atoms with van der Waals surface area (Å²) in [5.41, 5.74) is 1.44. The Kier molecular flexibility index (Phi) is 5.99. The molecule has 1 amide bonds. The predicted octanol–water partition coefficient (Wildman–Crippen LogP) is 3.65. The van der Waals surface area contributed by atoms with E-state index in [1.54, 1.807) is 48.5 Å². The second kappa shape index (κ2) is 8.68. The van der Waals surface area contributed by atoms with Gasteiger partial charge in [-0.2, -0.15) is 0 Å². The van der Waals surface area contributed by atoms with Crippen LogP contribution in [0.25, 0.3) is 0 Å². The number of amides is 1. The van der Waals surface area contributed by atoms with Gasteiger partial charge in [0.25, 0.3) is 15.9 Å². The van der Waals surface area contributed by atoms with Crippen LogP contribution in [-0.2, 0) is 14.8 Å². The minimum absolute atomic E-state index is 0.0519. The maximum Gasteiger partial charge on any atom is 0.264 e. The van der Waals surface area contributed by atoms with E-state index in [1.165, 1.54) is 23.6 Å². The zero-order valence-electron chi connectivity index (χ0n) is 17.2. The highest BCUT2D eigenvalue weighted by molar-refractivity contribution is 7.92. The van der Waals surface area contributed by atoms with E-state index >= 15 is 0 Å². The molecule has 1 saturated carbocycles. The standard InChI is InChI=1S/C23H28N2O4S/c1-17-11-13-19(14-12-17)30(27,28)25-16-22(29-21-10-6-5-9-20(21)25)23(26)24-15-18-7-3-2-4-8-18/h5-6,9-14,18,22H,2-4,7-8,15-16H2,1H3,(H,24,26)/t22-/m1/s1. The summed E-state index contributed by atoms with van der Waals surface area (Å²) in [6, 6.07) is 13.7. The molecule has 30 heavy (non-hydrogen) atoms. The Hall–Kier alpha value is -2.54. The number of aryl methyl sites for hydroxylation is 1. The van der Waals surface area contributed by atoms with Crippen molar-refractivity contribution in [2.24, 2.45) is 5.92 Å². The second-order valence-corrected chi connectivity index (χ2v) is 10.0. The van der Waals surface area contributed by atoms with Crippen LogP contribution in [0.2, 0.25) is 0 Å². The van der Waals surface area contributed by atoms with Gasteiger partial charge < -0.3 is 10.1 Å². The topological polar surface area (TPSA) is 75.7 Å². The third-order valence-electron chi connectivity index (χ3n) is 5.93. The summed E-state index contributed by atoms with van der Waals surface area (Å²) in [5, 5.41) is 2.99. The molecule has 0 aromatic heterocycles. The molecule has 2 aliphatic rings. The summed E-state index contributed by atoms with van der Waals surface area (Å²) in [4.78, 5) is 13.0. The summed E-state index contributed by atoms with van der Waals surface area (Å²) in [6.07, 6.45) is 5.04. The molecule has 1 fully saturated rings. The van der Waals surface area contributed by atoms with E-state index in [1.807, 2.05) is 6.92 Å². The zero-order chi connectivity index (χ0) is 21.1. The van der Waals surface area contributed by atoms with Crippen molar-refractivity contribution in [2.45, 2.75) is 50.0 Å². The fourth-order valence-corrected chi connectivity index (χ4v) is 5.63. The third-order valence-corrected chi connectivity index (χ3v) is 7.72. The molecule has 2 aromatic carbocycles. The SMILES string of the molecule is Cc1ccc(S(=O)(=O)N2C[C@H](C(=O)NCC3CCCCC3)Oc3ccccc32)cc1. The van der Waals surface area contributed by atoms with E-state index in [2.05, 4.69) is 5.32 Å². The summed E-state index contributed by atoms with van der Waals surface area (Å²) in [6.45, 7) is 2.47.